The third kappa shape index (κ3) is 6.57. The molecule has 0 aromatic heterocycles. The fourth-order valence-electron chi connectivity index (χ4n) is 13.1. The Labute approximate surface area is 388 Å². The largest absolute Gasteiger partial charge is 0.352 e. The topological polar surface area (TPSA) is 157 Å². The quantitative estimate of drug-likeness (QED) is 0.167. The molecule has 2 spiro atoms. The number of hydrogen-bond donors (Lipinski definition) is 4. The van der Waals surface area contributed by atoms with Gasteiger partial charge in [0.2, 0.25) is 29.5 Å². The van der Waals surface area contributed by atoms with E-state index < -0.39 is 34.9 Å². The van der Waals surface area contributed by atoms with Gasteiger partial charge in [-0.3, -0.25) is 39.4 Å². The lowest BCUT2D eigenvalue weighted by Gasteiger charge is -2.46. The molecule has 5 heterocycles. The Hall–Kier alpha value is -5.22. The van der Waals surface area contributed by atoms with Crippen molar-refractivity contribution in [2.45, 2.75) is 132 Å². The molecule has 3 aliphatic carbocycles. The third-order valence-electron chi connectivity index (χ3n) is 16.4. The van der Waals surface area contributed by atoms with Crippen LogP contribution in [-0.4, -0.2) is 82.0 Å². The van der Waals surface area contributed by atoms with Gasteiger partial charge < -0.3 is 20.4 Å². The number of likely N-dealkylation sites (tertiary alicyclic amines) is 1. The summed E-state index contributed by atoms with van der Waals surface area (Å²) in [4.78, 5) is 84.8. The van der Waals surface area contributed by atoms with Crippen LogP contribution in [0.3, 0.4) is 0 Å². The number of nitrogens with one attached hydrogen (secondary N) is 4. The molecule has 12 nitrogen and oxygen atoms in total. The van der Waals surface area contributed by atoms with E-state index in [2.05, 4.69) is 40.0 Å². The standard InChI is InChI=1S/C51H52Cl2N6O6/c1-49(20-17-28-7-5-8-31-34(28)27-59(47(31)64)39-15-16-40(60)56-44(39)61)21-23-58(24-22-49)46(63)29-11-13-30(14-12-29)54-45(62)43-42-32-9-6-10-36(52)41(32)33-25-35-38(26-37(33)53)55-48(65)51(35,42)50(57-43)18-3-2-4-19-50/h5-10,25-26,29-30,39,42-43,57H,2-4,11-16,18-19,21-24,27H2,1H3,(H,54,62)(H,55,65)(H,56,60,61)/t29-,30-,39?,42-,43+,51+/m0/s1. The van der Waals surface area contributed by atoms with E-state index in [1.54, 1.807) is 11.0 Å². The van der Waals surface area contributed by atoms with Crippen LogP contribution in [0.25, 0.3) is 11.1 Å². The highest BCUT2D eigenvalue weighted by Crippen LogP contribution is 2.66. The van der Waals surface area contributed by atoms with Crippen molar-refractivity contribution in [2.24, 2.45) is 11.3 Å². The molecule has 3 aromatic carbocycles. The number of carbonyl (C=O) groups is 6. The summed E-state index contributed by atoms with van der Waals surface area (Å²) in [5.41, 5.74) is 4.13. The van der Waals surface area contributed by atoms with Gasteiger partial charge in [0.1, 0.15) is 11.5 Å². The van der Waals surface area contributed by atoms with Crippen molar-refractivity contribution in [2.75, 3.05) is 18.4 Å². The van der Waals surface area contributed by atoms with E-state index in [9.17, 15) is 28.8 Å². The Bertz CT molecular complexity index is 2670. The summed E-state index contributed by atoms with van der Waals surface area (Å²) in [5.74, 6) is 5.17. The van der Waals surface area contributed by atoms with E-state index in [-0.39, 0.29) is 59.9 Å². The van der Waals surface area contributed by atoms with Crippen molar-refractivity contribution in [3.63, 3.8) is 0 Å². The Balaban J connectivity index is 0.748. The van der Waals surface area contributed by atoms with Crippen LogP contribution >= 0.6 is 23.2 Å². The highest BCUT2D eigenvalue weighted by molar-refractivity contribution is 6.37. The van der Waals surface area contributed by atoms with Crippen molar-refractivity contribution in [3.05, 3.63) is 86.4 Å². The van der Waals surface area contributed by atoms with Crippen LogP contribution in [0, 0.1) is 23.2 Å². The zero-order valence-corrected chi connectivity index (χ0v) is 37.9. The minimum Gasteiger partial charge on any atom is -0.352 e. The van der Waals surface area contributed by atoms with Crippen LogP contribution in [0.2, 0.25) is 10.0 Å². The highest BCUT2D eigenvalue weighted by Gasteiger charge is 2.73. The fraction of sp³-hybridized carbons (Fsp3) is 0.490. The molecule has 5 aliphatic heterocycles. The number of halogens is 2. The number of nitrogens with zero attached hydrogens (tertiary/aromatic N) is 2. The van der Waals surface area contributed by atoms with E-state index in [0.29, 0.717) is 66.5 Å². The summed E-state index contributed by atoms with van der Waals surface area (Å²) in [6.07, 6.45) is 9.18. The number of carbonyl (C=O) groups excluding carboxylic acids is 6. The number of amides is 6. The first-order valence-corrected chi connectivity index (χ1v) is 24.2. The number of rotatable bonds is 4. The summed E-state index contributed by atoms with van der Waals surface area (Å²) in [5, 5.41) is 13.9. The smallest absolute Gasteiger partial charge is 0.255 e. The maximum Gasteiger partial charge on any atom is 0.255 e. The van der Waals surface area contributed by atoms with E-state index in [4.69, 9.17) is 23.2 Å². The van der Waals surface area contributed by atoms with E-state index in [1.165, 1.54) is 0 Å². The third-order valence-corrected chi connectivity index (χ3v) is 17.1. The first-order chi connectivity index (χ1) is 31.3. The Morgan fingerprint density at radius 2 is 1.60 bits per heavy atom. The van der Waals surface area contributed by atoms with Crippen molar-refractivity contribution < 1.29 is 28.8 Å². The van der Waals surface area contributed by atoms with Crippen LogP contribution in [0.5, 0.6) is 0 Å². The van der Waals surface area contributed by atoms with Gasteiger partial charge in [0.15, 0.2) is 0 Å². The Morgan fingerprint density at radius 3 is 2.35 bits per heavy atom. The molecular formula is C51H52Cl2N6O6. The van der Waals surface area contributed by atoms with Crippen LogP contribution in [0.15, 0.2) is 48.5 Å². The monoisotopic (exact) mass is 914 g/mol. The summed E-state index contributed by atoms with van der Waals surface area (Å²) in [7, 11) is 0. The minimum absolute atomic E-state index is 0.0931. The number of hydrogen-bond acceptors (Lipinski definition) is 7. The van der Waals surface area contributed by atoms with Gasteiger partial charge in [-0.15, -0.1) is 0 Å². The van der Waals surface area contributed by atoms with Gasteiger partial charge in [0.25, 0.3) is 5.91 Å². The summed E-state index contributed by atoms with van der Waals surface area (Å²) in [6.45, 7) is 3.59. The second-order valence-corrected chi connectivity index (χ2v) is 20.8. The Kier molecular flexibility index (Phi) is 10.2. The van der Waals surface area contributed by atoms with Crippen LogP contribution < -0.4 is 21.3 Å². The lowest BCUT2D eigenvalue weighted by Crippen LogP contribution is -2.60. The molecule has 3 saturated heterocycles. The van der Waals surface area contributed by atoms with Gasteiger partial charge in [0, 0.05) is 87.9 Å². The number of fused-ring (bicyclic) bond motifs is 5. The first-order valence-electron chi connectivity index (χ1n) is 23.4. The van der Waals surface area contributed by atoms with Gasteiger partial charge in [-0.2, -0.15) is 0 Å². The molecular weight excluding hydrogens is 864 g/mol. The molecule has 5 fully saturated rings. The van der Waals surface area contributed by atoms with Crippen molar-refractivity contribution in [1.82, 2.24) is 25.8 Å². The van der Waals surface area contributed by atoms with Crippen LogP contribution in [-0.2, 0) is 35.9 Å². The average Bonchev–Trinajstić information content (AvgIpc) is 3.86. The molecule has 2 bridgehead atoms. The molecule has 8 aliphatic rings. The Morgan fingerprint density at radius 1 is 0.846 bits per heavy atom. The molecule has 65 heavy (non-hydrogen) atoms. The van der Waals surface area contributed by atoms with E-state index >= 15 is 0 Å². The molecule has 2 saturated carbocycles. The molecule has 6 amide bonds. The zero-order valence-electron chi connectivity index (χ0n) is 36.4. The normalized spacial score (nSPS) is 29.2. The predicted molar refractivity (Wildman–Crippen MR) is 245 cm³/mol. The van der Waals surface area contributed by atoms with E-state index in [1.807, 2.05) is 47.4 Å². The first kappa shape index (κ1) is 42.4. The van der Waals surface area contributed by atoms with Gasteiger partial charge in [-0.25, -0.2) is 0 Å². The van der Waals surface area contributed by atoms with Crippen LogP contribution in [0.1, 0.15) is 129 Å². The van der Waals surface area contributed by atoms with Gasteiger partial charge in [0.05, 0.1) is 11.1 Å². The molecule has 4 atom stereocenters. The summed E-state index contributed by atoms with van der Waals surface area (Å²) in [6, 6.07) is 13.7. The lowest BCUT2D eigenvalue weighted by atomic mass is 9.56. The molecule has 3 aromatic rings. The predicted octanol–water partition coefficient (Wildman–Crippen LogP) is 6.74. The summed E-state index contributed by atoms with van der Waals surface area (Å²) >= 11 is 13.9. The van der Waals surface area contributed by atoms with Crippen molar-refractivity contribution in [1.29, 1.82) is 0 Å². The second kappa shape index (κ2) is 15.7. The molecule has 1 unspecified atom stereocenters. The second-order valence-electron chi connectivity index (χ2n) is 20.0. The van der Waals surface area contributed by atoms with Crippen LogP contribution in [0.4, 0.5) is 5.69 Å². The van der Waals surface area contributed by atoms with Crippen molar-refractivity contribution in [3.8, 4) is 23.0 Å². The summed E-state index contributed by atoms with van der Waals surface area (Å²) < 4.78 is 0. The van der Waals surface area contributed by atoms with Crippen molar-refractivity contribution >= 4 is 64.3 Å². The number of benzene rings is 3. The fourth-order valence-corrected chi connectivity index (χ4v) is 13.6. The minimum atomic E-state index is -1.02. The van der Waals surface area contributed by atoms with Gasteiger partial charge in [-0.1, -0.05) is 72.5 Å². The molecule has 14 heteroatoms. The molecule has 0 radical (unpaired) electrons. The van der Waals surface area contributed by atoms with Gasteiger partial charge >= 0.3 is 0 Å². The molecule has 336 valence electrons. The average molecular weight is 916 g/mol. The number of anilines is 1. The maximum atomic E-state index is 14.8. The lowest BCUT2D eigenvalue weighted by molar-refractivity contribution is -0.139. The molecule has 4 N–H and O–H groups in total. The number of piperidine rings is 2. The number of imide groups is 1. The maximum absolute atomic E-state index is 14.8. The SMILES string of the molecule is CC1(C#Cc2cccc3c2CN(C2CCC(=O)NC2=O)C3=O)CCN(C(=O)[C@H]2CC[C@H](NC(=O)[C@@H]3NC4(CCCCC4)[C@]45C(=O)Nc6cc(Cl)c(cc64)-c4c(Cl)cccc4[C@@H]35)CC2)CC1. The highest BCUT2D eigenvalue weighted by atomic mass is 35.5. The zero-order chi connectivity index (χ0) is 45.0. The van der Waals surface area contributed by atoms with Gasteiger partial charge in [-0.05, 0) is 112 Å². The van der Waals surface area contributed by atoms with E-state index in [0.717, 1.165) is 78.3 Å². The molecule has 11 rings (SSSR count).